The maximum absolute atomic E-state index is 14.1. The van der Waals surface area contributed by atoms with Crippen LogP contribution in [0.1, 0.15) is 43.6 Å². The number of benzene rings is 4. The van der Waals surface area contributed by atoms with Gasteiger partial charge in [0.15, 0.2) is 0 Å². The van der Waals surface area contributed by atoms with Crippen LogP contribution in [0.2, 0.25) is 0 Å². The van der Waals surface area contributed by atoms with Crippen LogP contribution in [0.15, 0.2) is 95.9 Å². The van der Waals surface area contributed by atoms with Gasteiger partial charge in [0.05, 0.1) is 23.9 Å². The number of nitrogens with zero attached hydrogens (tertiary/aromatic N) is 2. The van der Waals surface area contributed by atoms with Gasteiger partial charge in [-0.3, -0.25) is 9.59 Å². The molecule has 0 aliphatic carbocycles. The molecule has 0 aliphatic heterocycles. The minimum Gasteiger partial charge on any atom is -0.494 e. The Morgan fingerprint density at radius 1 is 0.844 bits per heavy atom. The molecule has 5 aromatic rings. The number of pyridine rings is 1. The molecule has 5 rings (SSSR count). The molecule has 0 spiro atoms. The average molecular weight is 613 g/mol. The summed E-state index contributed by atoms with van der Waals surface area (Å²) >= 11 is 0. The van der Waals surface area contributed by atoms with Crippen molar-refractivity contribution >= 4 is 22.5 Å². The predicted molar refractivity (Wildman–Crippen MR) is 171 cm³/mol. The molecule has 0 radical (unpaired) electrons. The Bertz CT molecular complexity index is 1870. The Kier molecular flexibility index (Phi) is 9.47. The first-order valence-electron chi connectivity index (χ1n) is 14.8. The summed E-state index contributed by atoms with van der Waals surface area (Å²) in [5, 5.41) is 0.252. The van der Waals surface area contributed by atoms with Gasteiger partial charge in [-0.15, -0.1) is 0 Å². The first-order valence-corrected chi connectivity index (χ1v) is 14.8. The van der Waals surface area contributed by atoms with Gasteiger partial charge in [-0.2, -0.15) is 0 Å². The van der Waals surface area contributed by atoms with Crippen molar-refractivity contribution in [3.05, 3.63) is 124 Å². The lowest BCUT2D eigenvalue weighted by Crippen LogP contribution is -2.35. The van der Waals surface area contributed by atoms with Gasteiger partial charge in [0.1, 0.15) is 41.1 Å². The van der Waals surface area contributed by atoms with Crippen molar-refractivity contribution < 1.29 is 27.8 Å². The highest BCUT2D eigenvalue weighted by molar-refractivity contribution is 6.07. The van der Waals surface area contributed by atoms with Crippen molar-refractivity contribution in [3.8, 4) is 22.9 Å². The van der Waals surface area contributed by atoms with E-state index in [1.807, 2.05) is 51.1 Å². The molecule has 1 aromatic heterocycles. The summed E-state index contributed by atoms with van der Waals surface area (Å²) in [4.78, 5) is 29.0. The molecule has 9 heteroatoms. The van der Waals surface area contributed by atoms with Crippen LogP contribution in [0.4, 0.5) is 14.5 Å². The highest BCUT2D eigenvalue weighted by atomic mass is 19.1. The fraction of sp³-hybridized carbons (Fsp3) is 0.222. The number of aromatic nitrogens is 1. The predicted octanol–water partition coefficient (Wildman–Crippen LogP) is 7.70. The summed E-state index contributed by atoms with van der Waals surface area (Å²) in [5.74, 6) is -0.781. The van der Waals surface area contributed by atoms with E-state index in [0.717, 1.165) is 23.8 Å². The molecule has 45 heavy (non-hydrogen) atoms. The molecule has 0 saturated heterocycles. The maximum atomic E-state index is 14.1. The second-order valence-electron chi connectivity index (χ2n) is 10.6. The second-order valence-corrected chi connectivity index (χ2v) is 10.6. The largest absolute Gasteiger partial charge is 0.494 e. The number of amides is 1. The van der Waals surface area contributed by atoms with Crippen molar-refractivity contribution in [2.75, 3.05) is 18.1 Å². The number of anilines is 1. The van der Waals surface area contributed by atoms with E-state index in [-0.39, 0.29) is 29.3 Å². The quantitative estimate of drug-likeness (QED) is 0.153. The summed E-state index contributed by atoms with van der Waals surface area (Å²) in [5.41, 5.74) is 1.31. The summed E-state index contributed by atoms with van der Waals surface area (Å²) in [7, 11) is 0. The lowest BCUT2D eigenvalue weighted by Gasteiger charge is -2.23. The van der Waals surface area contributed by atoms with Crippen LogP contribution in [0.5, 0.6) is 17.2 Å². The van der Waals surface area contributed by atoms with Crippen molar-refractivity contribution in [2.45, 2.75) is 40.4 Å². The van der Waals surface area contributed by atoms with E-state index >= 15 is 0 Å². The number of rotatable bonds is 11. The number of ether oxygens (including phenoxy) is 3. The Balaban J connectivity index is 1.69. The Labute approximate surface area is 260 Å². The standard InChI is InChI=1S/C36H34F2N2O5/c1-5-39(27-15-25(37)14-26(38)16-27)36(42)33-21-40(28-17-30(43-6-2)19-31(18-28)45-23(3)4)34-20-29(12-13-32(34)35(33)41)44-22-24-10-8-7-9-11-24/h7-21,23H,5-6,22H2,1-4H3. The normalized spacial score (nSPS) is 11.1. The smallest absolute Gasteiger partial charge is 0.263 e. The van der Waals surface area contributed by atoms with Crippen molar-refractivity contribution in [1.29, 1.82) is 0 Å². The van der Waals surface area contributed by atoms with Crippen molar-refractivity contribution in [2.24, 2.45) is 0 Å². The average Bonchev–Trinajstić information content (AvgIpc) is 3.00. The Hall–Kier alpha value is -5.18. The fourth-order valence-electron chi connectivity index (χ4n) is 5.07. The monoisotopic (exact) mass is 612 g/mol. The number of hydrogen-bond donors (Lipinski definition) is 0. The van der Waals surface area contributed by atoms with Crippen LogP contribution >= 0.6 is 0 Å². The third-order valence-corrected chi connectivity index (χ3v) is 7.00. The van der Waals surface area contributed by atoms with Crippen molar-refractivity contribution in [1.82, 2.24) is 4.57 Å². The first kappa shape index (κ1) is 31.3. The first-order chi connectivity index (χ1) is 21.7. The van der Waals surface area contributed by atoms with Gasteiger partial charge in [0.2, 0.25) is 5.43 Å². The van der Waals surface area contributed by atoms with E-state index in [1.165, 1.54) is 11.1 Å². The molecular weight excluding hydrogens is 578 g/mol. The van der Waals surface area contributed by atoms with Gasteiger partial charge < -0.3 is 23.7 Å². The molecule has 7 nitrogen and oxygen atoms in total. The Morgan fingerprint density at radius 2 is 1.56 bits per heavy atom. The highest BCUT2D eigenvalue weighted by Crippen LogP contribution is 2.30. The number of halogens is 2. The molecule has 0 bridgehead atoms. The van der Waals surface area contributed by atoms with Gasteiger partial charge in [-0.25, -0.2) is 8.78 Å². The van der Waals surface area contributed by atoms with Crippen LogP contribution in [0.25, 0.3) is 16.6 Å². The molecule has 4 aromatic carbocycles. The molecule has 0 aliphatic rings. The molecule has 0 fully saturated rings. The van der Waals surface area contributed by atoms with E-state index < -0.39 is 23.0 Å². The lowest BCUT2D eigenvalue weighted by molar-refractivity contribution is 0.0987. The minimum absolute atomic E-state index is 0.00155. The van der Waals surface area contributed by atoms with Crippen LogP contribution in [-0.2, 0) is 6.61 Å². The van der Waals surface area contributed by atoms with Gasteiger partial charge in [-0.05, 0) is 57.5 Å². The van der Waals surface area contributed by atoms with E-state index in [1.54, 1.807) is 47.9 Å². The molecule has 1 amide bonds. The van der Waals surface area contributed by atoms with Crippen LogP contribution < -0.4 is 24.5 Å². The number of hydrogen-bond acceptors (Lipinski definition) is 5. The molecule has 0 atom stereocenters. The zero-order chi connectivity index (χ0) is 32.1. The van der Waals surface area contributed by atoms with Crippen LogP contribution in [-0.4, -0.2) is 29.7 Å². The number of carbonyl (C=O) groups is 1. The van der Waals surface area contributed by atoms with Gasteiger partial charge in [0.25, 0.3) is 5.91 Å². The van der Waals surface area contributed by atoms with E-state index in [2.05, 4.69) is 0 Å². The molecular formula is C36H34F2N2O5. The maximum Gasteiger partial charge on any atom is 0.263 e. The SMILES string of the molecule is CCOc1cc(OC(C)C)cc(-n2cc(C(=O)N(CC)c3cc(F)cc(F)c3)c(=O)c3ccc(OCc4ccccc4)cc32)c1. The fourth-order valence-corrected chi connectivity index (χ4v) is 5.07. The van der Waals surface area contributed by atoms with E-state index in [0.29, 0.717) is 41.7 Å². The molecule has 232 valence electrons. The topological polar surface area (TPSA) is 70.0 Å². The summed E-state index contributed by atoms with van der Waals surface area (Å²) in [6.07, 6.45) is 1.32. The third-order valence-electron chi connectivity index (χ3n) is 7.00. The van der Waals surface area contributed by atoms with Gasteiger partial charge in [-0.1, -0.05) is 30.3 Å². The molecule has 1 heterocycles. The Morgan fingerprint density at radius 3 is 2.22 bits per heavy atom. The third kappa shape index (κ3) is 7.15. The van der Waals surface area contributed by atoms with Gasteiger partial charge in [0, 0.05) is 54.1 Å². The minimum atomic E-state index is -0.833. The zero-order valence-electron chi connectivity index (χ0n) is 25.6. The second kappa shape index (κ2) is 13.6. The van der Waals surface area contributed by atoms with E-state index in [4.69, 9.17) is 14.2 Å². The van der Waals surface area contributed by atoms with E-state index in [9.17, 15) is 18.4 Å². The molecule has 0 unspecified atom stereocenters. The number of fused-ring (bicyclic) bond motifs is 1. The summed E-state index contributed by atoms with van der Waals surface area (Å²) in [6.45, 7) is 8.13. The zero-order valence-corrected chi connectivity index (χ0v) is 25.6. The van der Waals surface area contributed by atoms with Crippen LogP contribution in [0.3, 0.4) is 0 Å². The lowest BCUT2D eigenvalue weighted by atomic mass is 10.1. The molecule has 0 N–H and O–H groups in total. The molecule has 0 saturated carbocycles. The van der Waals surface area contributed by atoms with Crippen LogP contribution in [0, 0.1) is 11.6 Å². The highest BCUT2D eigenvalue weighted by Gasteiger charge is 2.24. The summed E-state index contributed by atoms with van der Waals surface area (Å²) in [6, 6.07) is 22.9. The number of carbonyl (C=O) groups excluding carboxylic acids is 1. The van der Waals surface area contributed by atoms with Crippen molar-refractivity contribution in [3.63, 3.8) is 0 Å². The van der Waals surface area contributed by atoms with Gasteiger partial charge >= 0.3 is 0 Å². The summed E-state index contributed by atoms with van der Waals surface area (Å²) < 4.78 is 47.8.